The Bertz CT molecular complexity index is 564. The molecule has 19 heavy (non-hydrogen) atoms. The molecule has 1 heterocycles. The molecular formula is C13H17Cl2NO2S. The molecule has 106 valence electrons. The zero-order valence-corrected chi connectivity index (χ0v) is 13.3. The Labute approximate surface area is 124 Å². The number of nitrogens with zero attached hydrogens (tertiary/aromatic N) is 1. The second-order valence-electron chi connectivity index (χ2n) is 5.32. The van der Waals surface area contributed by atoms with Crippen molar-refractivity contribution < 1.29 is 8.42 Å². The number of hydrogen-bond donors (Lipinski definition) is 0. The van der Waals surface area contributed by atoms with E-state index in [1.54, 1.807) is 12.1 Å². The summed E-state index contributed by atoms with van der Waals surface area (Å²) in [6.07, 6.45) is 1.05. The molecule has 0 amide bonds. The van der Waals surface area contributed by atoms with Gasteiger partial charge in [-0.3, -0.25) is 0 Å². The molecule has 0 saturated carbocycles. The molecule has 6 heteroatoms. The van der Waals surface area contributed by atoms with Crippen LogP contribution in [0.4, 0.5) is 0 Å². The molecule has 1 fully saturated rings. The summed E-state index contributed by atoms with van der Waals surface area (Å²) in [6, 6.07) is 4.70. The molecule has 1 aromatic carbocycles. The molecule has 2 rings (SSSR count). The first-order chi connectivity index (χ1) is 8.82. The highest BCUT2D eigenvalue weighted by atomic mass is 35.5. The van der Waals surface area contributed by atoms with Crippen LogP contribution < -0.4 is 0 Å². The van der Waals surface area contributed by atoms with Gasteiger partial charge in [-0.1, -0.05) is 43.1 Å². The van der Waals surface area contributed by atoms with Crippen LogP contribution in [-0.4, -0.2) is 25.8 Å². The fourth-order valence-electron chi connectivity index (χ4n) is 2.62. The maximum Gasteiger partial charge on any atom is 0.244 e. The monoisotopic (exact) mass is 321 g/mol. The number of sulfonamides is 1. The van der Waals surface area contributed by atoms with E-state index < -0.39 is 10.0 Å². The van der Waals surface area contributed by atoms with Crippen LogP contribution in [0.15, 0.2) is 23.1 Å². The summed E-state index contributed by atoms with van der Waals surface area (Å²) in [5.74, 6) is 0.716. The number of hydrogen-bond acceptors (Lipinski definition) is 2. The molecule has 2 atom stereocenters. The minimum absolute atomic E-state index is 0.1000. The summed E-state index contributed by atoms with van der Waals surface area (Å²) in [5.41, 5.74) is 0. The van der Waals surface area contributed by atoms with Gasteiger partial charge in [0.25, 0.3) is 0 Å². The Morgan fingerprint density at radius 1 is 1.16 bits per heavy atom. The first kappa shape index (κ1) is 15.1. The van der Waals surface area contributed by atoms with E-state index >= 15 is 0 Å². The van der Waals surface area contributed by atoms with Gasteiger partial charge in [0.15, 0.2) is 0 Å². The van der Waals surface area contributed by atoms with Crippen molar-refractivity contribution in [2.75, 3.05) is 13.1 Å². The molecule has 0 N–H and O–H groups in total. The molecule has 1 aliphatic heterocycles. The molecule has 0 spiro atoms. The van der Waals surface area contributed by atoms with Gasteiger partial charge in [-0.2, -0.15) is 4.31 Å². The van der Waals surface area contributed by atoms with E-state index in [0.29, 0.717) is 24.9 Å². The molecule has 1 saturated heterocycles. The Hall–Kier alpha value is -0.290. The fraction of sp³-hybridized carbons (Fsp3) is 0.538. The van der Waals surface area contributed by atoms with E-state index in [1.165, 1.54) is 10.4 Å². The third-order valence-electron chi connectivity index (χ3n) is 3.37. The van der Waals surface area contributed by atoms with E-state index in [0.717, 1.165) is 6.42 Å². The highest BCUT2D eigenvalue weighted by Gasteiger charge is 2.33. The average molecular weight is 322 g/mol. The van der Waals surface area contributed by atoms with Crippen molar-refractivity contribution in [3.8, 4) is 0 Å². The van der Waals surface area contributed by atoms with Crippen molar-refractivity contribution in [1.82, 2.24) is 4.31 Å². The van der Waals surface area contributed by atoms with Gasteiger partial charge in [0, 0.05) is 13.1 Å². The summed E-state index contributed by atoms with van der Waals surface area (Å²) in [6.45, 7) is 5.21. The molecule has 1 aliphatic rings. The van der Waals surface area contributed by atoms with E-state index in [-0.39, 0.29) is 14.9 Å². The molecule has 0 bridgehead atoms. The predicted octanol–water partition coefficient (Wildman–Crippen LogP) is 3.66. The van der Waals surface area contributed by atoms with Crippen LogP contribution in [0, 0.1) is 11.8 Å². The van der Waals surface area contributed by atoms with Crippen LogP contribution in [0.25, 0.3) is 0 Å². The molecule has 0 unspecified atom stereocenters. The normalized spacial score (nSPS) is 25.5. The molecule has 0 radical (unpaired) electrons. The first-order valence-corrected chi connectivity index (χ1v) is 8.46. The third kappa shape index (κ3) is 3.07. The molecule has 0 aromatic heterocycles. The van der Waals surface area contributed by atoms with Gasteiger partial charge in [-0.05, 0) is 30.4 Å². The SMILES string of the molecule is C[C@H]1C[C@H](C)CN(S(=O)(=O)c2cccc(Cl)c2Cl)C1. The summed E-state index contributed by atoms with van der Waals surface area (Å²) in [5, 5.41) is 0.371. The van der Waals surface area contributed by atoms with Gasteiger partial charge < -0.3 is 0 Å². The van der Waals surface area contributed by atoms with Crippen molar-refractivity contribution in [3.05, 3.63) is 28.2 Å². The maximum atomic E-state index is 12.6. The first-order valence-electron chi connectivity index (χ1n) is 6.26. The zero-order chi connectivity index (χ0) is 14.2. The Morgan fingerprint density at radius 2 is 1.74 bits per heavy atom. The van der Waals surface area contributed by atoms with Crippen LogP contribution in [0.5, 0.6) is 0 Å². The molecular weight excluding hydrogens is 305 g/mol. The lowest BCUT2D eigenvalue weighted by molar-refractivity contribution is 0.222. The van der Waals surface area contributed by atoms with Crippen LogP contribution >= 0.6 is 23.2 Å². The second-order valence-corrected chi connectivity index (χ2v) is 8.01. The summed E-state index contributed by atoms with van der Waals surface area (Å²) in [4.78, 5) is 0.1000. The van der Waals surface area contributed by atoms with Gasteiger partial charge in [0.05, 0.1) is 10.0 Å². The van der Waals surface area contributed by atoms with Crippen LogP contribution in [0.2, 0.25) is 10.0 Å². The number of halogens is 2. The predicted molar refractivity (Wildman–Crippen MR) is 78.2 cm³/mol. The highest BCUT2D eigenvalue weighted by molar-refractivity contribution is 7.89. The summed E-state index contributed by atoms with van der Waals surface area (Å²) < 4.78 is 26.8. The number of piperidine rings is 1. The van der Waals surface area contributed by atoms with Gasteiger partial charge >= 0.3 is 0 Å². The second kappa shape index (κ2) is 5.60. The average Bonchev–Trinajstić information content (AvgIpc) is 2.31. The van der Waals surface area contributed by atoms with Crippen LogP contribution in [0.1, 0.15) is 20.3 Å². The van der Waals surface area contributed by atoms with E-state index in [9.17, 15) is 8.42 Å². The fourth-order valence-corrected chi connectivity index (χ4v) is 5.04. The van der Waals surface area contributed by atoms with Gasteiger partial charge in [-0.15, -0.1) is 0 Å². The smallest absolute Gasteiger partial charge is 0.207 e. The Morgan fingerprint density at radius 3 is 2.32 bits per heavy atom. The van der Waals surface area contributed by atoms with Gasteiger partial charge in [0.2, 0.25) is 10.0 Å². The lowest BCUT2D eigenvalue weighted by Gasteiger charge is -2.34. The third-order valence-corrected chi connectivity index (χ3v) is 6.17. The van der Waals surface area contributed by atoms with Crippen molar-refractivity contribution in [1.29, 1.82) is 0 Å². The maximum absolute atomic E-state index is 12.6. The lowest BCUT2D eigenvalue weighted by Crippen LogP contribution is -2.42. The molecule has 3 nitrogen and oxygen atoms in total. The van der Waals surface area contributed by atoms with Crippen molar-refractivity contribution in [3.63, 3.8) is 0 Å². The van der Waals surface area contributed by atoms with Crippen molar-refractivity contribution >= 4 is 33.2 Å². The number of rotatable bonds is 2. The minimum Gasteiger partial charge on any atom is -0.207 e. The number of benzene rings is 1. The van der Waals surface area contributed by atoms with Crippen molar-refractivity contribution in [2.24, 2.45) is 11.8 Å². The largest absolute Gasteiger partial charge is 0.244 e. The Balaban J connectivity index is 2.39. The summed E-state index contributed by atoms with van der Waals surface area (Å²) in [7, 11) is -3.56. The van der Waals surface area contributed by atoms with E-state index in [4.69, 9.17) is 23.2 Å². The van der Waals surface area contributed by atoms with Gasteiger partial charge in [-0.25, -0.2) is 8.42 Å². The van der Waals surface area contributed by atoms with Gasteiger partial charge in [0.1, 0.15) is 4.90 Å². The quantitative estimate of drug-likeness (QED) is 0.833. The minimum atomic E-state index is -3.56. The molecule has 0 aliphatic carbocycles. The van der Waals surface area contributed by atoms with Crippen molar-refractivity contribution in [2.45, 2.75) is 25.2 Å². The summed E-state index contributed by atoms with van der Waals surface area (Å²) >= 11 is 11.9. The van der Waals surface area contributed by atoms with E-state index in [2.05, 4.69) is 13.8 Å². The molecule has 1 aromatic rings. The van der Waals surface area contributed by atoms with E-state index in [1.807, 2.05) is 0 Å². The highest BCUT2D eigenvalue weighted by Crippen LogP contribution is 2.33. The Kier molecular flexibility index (Phi) is 4.45. The van der Waals surface area contributed by atoms with Crippen LogP contribution in [0.3, 0.4) is 0 Å². The lowest BCUT2D eigenvalue weighted by atomic mass is 9.94. The standard InChI is InChI=1S/C13H17Cl2NO2S/c1-9-6-10(2)8-16(7-9)19(17,18)12-5-3-4-11(14)13(12)15/h3-5,9-10H,6-8H2,1-2H3/t9-,10-/m0/s1. The van der Waals surface area contributed by atoms with Crippen LogP contribution in [-0.2, 0) is 10.0 Å². The zero-order valence-electron chi connectivity index (χ0n) is 10.9. The topological polar surface area (TPSA) is 37.4 Å².